The van der Waals surface area contributed by atoms with Gasteiger partial charge in [0.25, 0.3) is 0 Å². The largest absolute Gasteiger partial charge is 0.348 e. The van der Waals surface area contributed by atoms with Crippen LogP contribution in [0.15, 0.2) is 41.9 Å². The molecule has 0 fully saturated rings. The van der Waals surface area contributed by atoms with Crippen LogP contribution >= 0.6 is 0 Å². The number of aldehydes is 1. The fourth-order valence-corrected chi connectivity index (χ4v) is 1.83. The SMILES string of the molecule is C=CCCN1C=Nc2ccccc2C1C=O. The number of hydrogen-bond acceptors (Lipinski definition) is 3. The first-order chi connectivity index (χ1) is 7.86. The van der Waals surface area contributed by atoms with Crippen molar-refractivity contribution in [1.82, 2.24) is 4.90 Å². The first-order valence-corrected chi connectivity index (χ1v) is 5.32. The summed E-state index contributed by atoms with van der Waals surface area (Å²) in [5.41, 5.74) is 1.86. The summed E-state index contributed by atoms with van der Waals surface area (Å²) in [4.78, 5) is 17.4. The van der Waals surface area contributed by atoms with Gasteiger partial charge >= 0.3 is 0 Å². The first-order valence-electron chi connectivity index (χ1n) is 5.32. The molecule has 1 aromatic rings. The Hall–Kier alpha value is -1.90. The van der Waals surface area contributed by atoms with E-state index in [1.165, 1.54) is 0 Å². The summed E-state index contributed by atoms with van der Waals surface area (Å²) in [6.07, 6.45) is 5.40. The zero-order chi connectivity index (χ0) is 11.4. The summed E-state index contributed by atoms with van der Waals surface area (Å²) in [5.74, 6) is 0. The summed E-state index contributed by atoms with van der Waals surface area (Å²) in [6, 6.07) is 7.52. The molecule has 0 spiro atoms. The Balaban J connectivity index is 2.28. The molecule has 0 saturated heterocycles. The van der Waals surface area contributed by atoms with Gasteiger partial charge in [-0.25, -0.2) is 4.99 Å². The van der Waals surface area contributed by atoms with Crippen molar-refractivity contribution in [1.29, 1.82) is 0 Å². The number of carbonyl (C=O) groups excluding carboxylic acids is 1. The second-order valence-electron chi connectivity index (χ2n) is 3.70. The van der Waals surface area contributed by atoms with Crippen LogP contribution in [0.2, 0.25) is 0 Å². The standard InChI is InChI=1S/C13H14N2O/c1-2-3-8-15-10-14-12-7-5-4-6-11(12)13(15)9-16/h2,4-7,9-10,13H,1,3,8H2. The van der Waals surface area contributed by atoms with Crippen molar-refractivity contribution in [3.63, 3.8) is 0 Å². The van der Waals surface area contributed by atoms with E-state index >= 15 is 0 Å². The highest BCUT2D eigenvalue weighted by atomic mass is 16.1. The van der Waals surface area contributed by atoms with E-state index in [1.54, 1.807) is 6.34 Å². The Labute approximate surface area is 95.1 Å². The van der Waals surface area contributed by atoms with Crippen molar-refractivity contribution in [2.45, 2.75) is 12.5 Å². The lowest BCUT2D eigenvalue weighted by molar-refractivity contribution is -0.111. The van der Waals surface area contributed by atoms with E-state index in [-0.39, 0.29) is 6.04 Å². The number of fused-ring (bicyclic) bond motifs is 1. The molecule has 16 heavy (non-hydrogen) atoms. The average Bonchev–Trinajstić information content (AvgIpc) is 2.35. The molecule has 0 bridgehead atoms. The molecular formula is C13H14N2O. The predicted octanol–water partition coefficient (Wildman–Crippen LogP) is 2.48. The van der Waals surface area contributed by atoms with Crippen LogP contribution in [0.1, 0.15) is 18.0 Å². The van der Waals surface area contributed by atoms with Crippen molar-refractivity contribution >= 4 is 18.3 Å². The second kappa shape index (κ2) is 4.75. The number of para-hydroxylation sites is 1. The van der Waals surface area contributed by atoms with Crippen LogP contribution in [0, 0.1) is 0 Å². The summed E-state index contributed by atoms with van der Waals surface area (Å²) in [6.45, 7) is 4.45. The molecular weight excluding hydrogens is 200 g/mol. The van der Waals surface area contributed by atoms with Gasteiger partial charge < -0.3 is 9.69 Å². The van der Waals surface area contributed by atoms with Crippen molar-refractivity contribution in [3.05, 3.63) is 42.5 Å². The molecule has 1 aliphatic rings. The van der Waals surface area contributed by atoms with Crippen LogP contribution in [-0.2, 0) is 4.79 Å². The normalized spacial score (nSPS) is 18.0. The molecule has 1 atom stereocenters. The number of nitrogens with zero attached hydrogens (tertiary/aromatic N) is 2. The van der Waals surface area contributed by atoms with Gasteiger partial charge in [0.1, 0.15) is 12.3 Å². The molecule has 2 rings (SSSR count). The molecule has 1 aromatic carbocycles. The fourth-order valence-electron chi connectivity index (χ4n) is 1.83. The van der Waals surface area contributed by atoms with Crippen LogP contribution in [0.5, 0.6) is 0 Å². The summed E-state index contributed by atoms with van der Waals surface area (Å²) < 4.78 is 0. The van der Waals surface area contributed by atoms with Gasteiger partial charge in [0.2, 0.25) is 0 Å². The highest BCUT2D eigenvalue weighted by Gasteiger charge is 2.22. The predicted molar refractivity (Wildman–Crippen MR) is 64.9 cm³/mol. The Kier molecular flexibility index (Phi) is 3.15. The van der Waals surface area contributed by atoms with Gasteiger partial charge in [-0.15, -0.1) is 6.58 Å². The molecule has 3 nitrogen and oxygen atoms in total. The Morgan fingerprint density at radius 3 is 3.00 bits per heavy atom. The third-order valence-corrected chi connectivity index (χ3v) is 2.68. The highest BCUT2D eigenvalue weighted by Crippen LogP contribution is 2.31. The Morgan fingerprint density at radius 1 is 1.44 bits per heavy atom. The Bertz CT molecular complexity index is 426. The molecule has 0 aliphatic carbocycles. The maximum atomic E-state index is 11.2. The van der Waals surface area contributed by atoms with Gasteiger partial charge in [0.15, 0.2) is 0 Å². The Morgan fingerprint density at radius 2 is 2.25 bits per heavy atom. The van der Waals surface area contributed by atoms with Crippen LogP contribution < -0.4 is 0 Å². The minimum absolute atomic E-state index is 0.214. The smallest absolute Gasteiger partial charge is 0.147 e. The lowest BCUT2D eigenvalue weighted by Gasteiger charge is -2.29. The van der Waals surface area contributed by atoms with Gasteiger partial charge in [-0.1, -0.05) is 24.3 Å². The third-order valence-electron chi connectivity index (χ3n) is 2.68. The van der Waals surface area contributed by atoms with Crippen LogP contribution in [0.4, 0.5) is 5.69 Å². The van der Waals surface area contributed by atoms with E-state index in [1.807, 2.05) is 35.2 Å². The van der Waals surface area contributed by atoms with Gasteiger partial charge in [-0.3, -0.25) is 0 Å². The van der Waals surface area contributed by atoms with Gasteiger partial charge in [0.05, 0.1) is 12.0 Å². The van der Waals surface area contributed by atoms with E-state index in [4.69, 9.17) is 0 Å². The summed E-state index contributed by atoms with van der Waals surface area (Å²) in [5, 5.41) is 0. The van der Waals surface area contributed by atoms with Gasteiger partial charge in [-0.05, 0) is 12.5 Å². The maximum Gasteiger partial charge on any atom is 0.147 e. The van der Waals surface area contributed by atoms with Crippen LogP contribution in [0.25, 0.3) is 0 Å². The number of hydrogen-bond donors (Lipinski definition) is 0. The topological polar surface area (TPSA) is 32.7 Å². The van der Waals surface area contributed by atoms with Gasteiger partial charge in [-0.2, -0.15) is 0 Å². The molecule has 3 heteroatoms. The van der Waals surface area contributed by atoms with Crippen molar-refractivity contribution in [3.8, 4) is 0 Å². The number of benzene rings is 1. The number of aliphatic imine (C=N–C) groups is 1. The maximum absolute atomic E-state index is 11.2. The molecule has 1 unspecified atom stereocenters. The fraction of sp³-hybridized carbons (Fsp3) is 0.231. The summed E-state index contributed by atoms with van der Waals surface area (Å²) >= 11 is 0. The van der Waals surface area contributed by atoms with Crippen molar-refractivity contribution in [2.75, 3.05) is 6.54 Å². The van der Waals surface area contributed by atoms with E-state index < -0.39 is 0 Å². The highest BCUT2D eigenvalue weighted by molar-refractivity contribution is 5.77. The molecule has 1 heterocycles. The number of rotatable bonds is 4. The quantitative estimate of drug-likeness (QED) is 0.569. The molecule has 0 aromatic heterocycles. The lowest BCUT2D eigenvalue weighted by Crippen LogP contribution is -2.31. The second-order valence-corrected chi connectivity index (χ2v) is 3.70. The van der Waals surface area contributed by atoms with Crippen LogP contribution in [0.3, 0.4) is 0 Å². The van der Waals surface area contributed by atoms with E-state index in [2.05, 4.69) is 11.6 Å². The third kappa shape index (κ3) is 1.89. The molecule has 0 radical (unpaired) electrons. The minimum Gasteiger partial charge on any atom is -0.348 e. The molecule has 0 N–H and O–H groups in total. The molecule has 1 aliphatic heterocycles. The van der Waals surface area contributed by atoms with E-state index in [0.29, 0.717) is 0 Å². The summed E-state index contributed by atoms with van der Waals surface area (Å²) in [7, 11) is 0. The van der Waals surface area contributed by atoms with Crippen LogP contribution in [-0.4, -0.2) is 24.1 Å². The van der Waals surface area contributed by atoms with E-state index in [9.17, 15) is 4.79 Å². The first kappa shape index (κ1) is 10.6. The van der Waals surface area contributed by atoms with E-state index in [0.717, 1.165) is 30.5 Å². The average molecular weight is 214 g/mol. The molecule has 0 amide bonds. The number of carbonyl (C=O) groups is 1. The zero-order valence-electron chi connectivity index (χ0n) is 9.04. The molecule has 0 saturated carbocycles. The van der Waals surface area contributed by atoms with Crippen molar-refractivity contribution < 1.29 is 4.79 Å². The monoisotopic (exact) mass is 214 g/mol. The minimum atomic E-state index is -0.214. The van der Waals surface area contributed by atoms with Crippen molar-refractivity contribution in [2.24, 2.45) is 4.99 Å². The molecule has 82 valence electrons. The van der Waals surface area contributed by atoms with Gasteiger partial charge in [0, 0.05) is 12.1 Å². The lowest BCUT2D eigenvalue weighted by atomic mass is 10.0. The zero-order valence-corrected chi connectivity index (χ0v) is 9.04.